The molecule has 0 aliphatic carbocycles. The van der Waals surface area contributed by atoms with Crippen LogP contribution >= 0.6 is 0 Å². The van der Waals surface area contributed by atoms with Crippen LogP contribution in [0.1, 0.15) is 30.0 Å². The van der Waals surface area contributed by atoms with E-state index in [4.69, 9.17) is 0 Å². The van der Waals surface area contributed by atoms with Crippen molar-refractivity contribution in [1.29, 1.82) is 0 Å². The number of nitrogens with zero attached hydrogens (tertiary/aromatic N) is 3. The van der Waals surface area contributed by atoms with Gasteiger partial charge in [0, 0.05) is 12.0 Å². The summed E-state index contributed by atoms with van der Waals surface area (Å²) >= 11 is -2.11. The molecule has 0 bridgehead atoms. The van der Waals surface area contributed by atoms with E-state index in [1.165, 1.54) is 6.07 Å². The fourth-order valence-corrected chi connectivity index (χ4v) is 2.85. The summed E-state index contributed by atoms with van der Waals surface area (Å²) in [6.45, 7) is 0. The number of aromatic nitrogens is 3. The number of rotatable bonds is 3. The van der Waals surface area contributed by atoms with Gasteiger partial charge in [0.25, 0.3) is 6.01 Å². The van der Waals surface area contributed by atoms with Gasteiger partial charge in [-0.15, -0.1) is 5.10 Å². The quantitative estimate of drug-likeness (QED) is 0.645. The Hall–Kier alpha value is -1.61. The van der Waals surface area contributed by atoms with Gasteiger partial charge in [0.15, 0.2) is 12.0 Å². The first-order valence-electron chi connectivity index (χ1n) is 6.01. The summed E-state index contributed by atoms with van der Waals surface area (Å²) in [5.74, 6) is -1.85. The molecule has 0 radical (unpaired) electrons. The van der Waals surface area contributed by atoms with Crippen LogP contribution in [0.15, 0.2) is 23.4 Å². The van der Waals surface area contributed by atoms with E-state index < -0.39 is 41.0 Å². The first-order valence-corrected chi connectivity index (χ1v) is 7.33. The van der Waals surface area contributed by atoms with Crippen LogP contribution in [-0.4, -0.2) is 25.3 Å². The van der Waals surface area contributed by atoms with Crippen LogP contribution in [0.2, 0.25) is 0 Å². The van der Waals surface area contributed by atoms with Gasteiger partial charge in [-0.2, -0.15) is 9.37 Å². The van der Waals surface area contributed by atoms with Gasteiger partial charge >= 0.3 is 5.16 Å². The standard InChI is InChI=1S/C12H9F4N3OS/c13-5-21(20)12-17-11-8(16)4-9(19(11)18-12)10-6(14)2-1-3-7(10)15/h1-3,8-9H,4-5H2/t8-,9-,21+/m0/s1. The Morgan fingerprint density at radius 3 is 2.62 bits per heavy atom. The van der Waals surface area contributed by atoms with Gasteiger partial charge in [-0.1, -0.05) is 6.07 Å². The Bertz CT molecular complexity index is 660. The van der Waals surface area contributed by atoms with Crippen LogP contribution in [0, 0.1) is 11.6 Å². The maximum atomic E-state index is 13.9. The average molecular weight is 319 g/mol. The van der Waals surface area contributed by atoms with Gasteiger partial charge in [0.05, 0.1) is 17.2 Å². The van der Waals surface area contributed by atoms with Crippen molar-refractivity contribution in [2.45, 2.75) is 23.8 Å². The van der Waals surface area contributed by atoms with E-state index in [1.807, 2.05) is 0 Å². The second-order valence-corrected chi connectivity index (χ2v) is 5.78. The zero-order valence-corrected chi connectivity index (χ0v) is 11.3. The Kier molecular flexibility index (Phi) is 3.62. The largest absolute Gasteiger partial charge is 0.607 e. The third-order valence-corrected chi connectivity index (χ3v) is 4.06. The first kappa shape index (κ1) is 14.3. The lowest BCUT2D eigenvalue weighted by molar-refractivity contribution is 0.323. The van der Waals surface area contributed by atoms with Gasteiger partial charge < -0.3 is 4.55 Å². The van der Waals surface area contributed by atoms with Crippen LogP contribution < -0.4 is 0 Å². The number of halogens is 4. The highest BCUT2D eigenvalue weighted by molar-refractivity contribution is 7.91. The van der Waals surface area contributed by atoms with Gasteiger partial charge in [-0.3, -0.25) is 0 Å². The molecule has 0 saturated carbocycles. The molecule has 4 nitrogen and oxygen atoms in total. The van der Waals surface area contributed by atoms with E-state index in [0.717, 1.165) is 16.8 Å². The van der Waals surface area contributed by atoms with Crippen LogP contribution in [-0.2, 0) is 11.2 Å². The van der Waals surface area contributed by atoms with E-state index in [9.17, 15) is 22.1 Å². The van der Waals surface area contributed by atoms with Crippen molar-refractivity contribution < 1.29 is 22.1 Å². The minimum absolute atomic E-state index is 0.195. The first-order chi connectivity index (χ1) is 10.0. The summed E-state index contributed by atoms with van der Waals surface area (Å²) in [6.07, 6.45) is -1.83. The summed E-state index contributed by atoms with van der Waals surface area (Å²) < 4.78 is 66.2. The molecule has 9 heteroatoms. The zero-order valence-electron chi connectivity index (χ0n) is 10.5. The molecule has 0 spiro atoms. The monoisotopic (exact) mass is 319 g/mol. The summed E-state index contributed by atoms with van der Waals surface area (Å²) in [5, 5.41) is 3.37. The summed E-state index contributed by atoms with van der Waals surface area (Å²) in [7, 11) is 0. The smallest absolute Gasteiger partial charge is 0.364 e. The van der Waals surface area contributed by atoms with Crippen molar-refractivity contribution in [2.24, 2.45) is 0 Å². The topological polar surface area (TPSA) is 53.8 Å². The number of fused-ring (bicyclic) bond motifs is 1. The Morgan fingerprint density at radius 2 is 2.00 bits per heavy atom. The Morgan fingerprint density at radius 1 is 1.33 bits per heavy atom. The highest BCUT2D eigenvalue weighted by Gasteiger charge is 2.39. The molecule has 1 aliphatic heterocycles. The molecule has 3 atom stereocenters. The van der Waals surface area contributed by atoms with Crippen LogP contribution in [0.3, 0.4) is 0 Å². The molecule has 112 valence electrons. The molecule has 2 heterocycles. The minimum atomic E-state index is -2.11. The molecule has 0 fully saturated rings. The molecule has 21 heavy (non-hydrogen) atoms. The number of alkyl halides is 2. The summed E-state index contributed by atoms with van der Waals surface area (Å²) in [6, 6.07) is 1.07. The van der Waals surface area contributed by atoms with Crippen LogP contribution in [0.4, 0.5) is 17.6 Å². The van der Waals surface area contributed by atoms with Gasteiger partial charge in [-0.25, -0.2) is 17.9 Å². The second kappa shape index (κ2) is 5.30. The highest BCUT2D eigenvalue weighted by Crippen LogP contribution is 2.41. The fourth-order valence-electron chi connectivity index (χ4n) is 2.37. The Balaban J connectivity index is 2.07. The minimum Gasteiger partial charge on any atom is -0.607 e. The van der Waals surface area contributed by atoms with Crippen molar-refractivity contribution in [3.63, 3.8) is 0 Å². The molecule has 0 unspecified atom stereocenters. The number of benzene rings is 1. The predicted octanol–water partition coefficient (Wildman–Crippen LogP) is 2.59. The van der Waals surface area contributed by atoms with Gasteiger partial charge in [0.1, 0.15) is 11.6 Å². The maximum Gasteiger partial charge on any atom is 0.364 e. The highest BCUT2D eigenvalue weighted by atomic mass is 32.2. The van der Waals surface area contributed by atoms with Crippen molar-refractivity contribution in [3.8, 4) is 0 Å². The van der Waals surface area contributed by atoms with E-state index in [2.05, 4.69) is 10.1 Å². The van der Waals surface area contributed by atoms with Gasteiger partial charge in [-0.05, 0) is 12.1 Å². The molecule has 1 aromatic heterocycles. The van der Waals surface area contributed by atoms with E-state index in [1.54, 1.807) is 0 Å². The molecule has 1 aromatic carbocycles. The van der Waals surface area contributed by atoms with Crippen LogP contribution in [0.5, 0.6) is 0 Å². The molecule has 2 aromatic rings. The molecule has 0 amide bonds. The maximum absolute atomic E-state index is 13.9. The van der Waals surface area contributed by atoms with E-state index >= 15 is 0 Å². The van der Waals surface area contributed by atoms with Crippen molar-refractivity contribution in [1.82, 2.24) is 14.8 Å². The lowest BCUT2D eigenvalue weighted by Crippen LogP contribution is -2.13. The molecule has 0 N–H and O–H groups in total. The lowest BCUT2D eigenvalue weighted by atomic mass is 10.0. The molecule has 3 rings (SSSR count). The van der Waals surface area contributed by atoms with Crippen LogP contribution in [0.25, 0.3) is 0 Å². The molecular weight excluding hydrogens is 310 g/mol. The summed E-state index contributed by atoms with van der Waals surface area (Å²) in [4.78, 5) is 3.67. The third kappa shape index (κ3) is 2.30. The molecule has 1 aliphatic rings. The van der Waals surface area contributed by atoms with Gasteiger partial charge in [0.2, 0.25) is 0 Å². The SMILES string of the molecule is [O-][S@+](CF)c1nc2n(n1)[C@H](c1c(F)cccc1F)C[C@@H]2F. The molecular formula is C12H9F4N3OS. The summed E-state index contributed by atoms with van der Waals surface area (Å²) in [5.41, 5.74) is -0.332. The lowest BCUT2D eigenvalue weighted by Gasteiger charge is -2.13. The number of hydrogen-bond donors (Lipinski definition) is 0. The fraction of sp³-hybridized carbons (Fsp3) is 0.333. The van der Waals surface area contributed by atoms with Crippen molar-refractivity contribution >= 4 is 11.2 Å². The normalized spacial score (nSPS) is 22.3. The van der Waals surface area contributed by atoms with Crippen molar-refractivity contribution in [2.75, 3.05) is 6.01 Å². The van der Waals surface area contributed by atoms with E-state index in [0.29, 0.717) is 0 Å². The van der Waals surface area contributed by atoms with Crippen molar-refractivity contribution in [3.05, 3.63) is 41.2 Å². The average Bonchev–Trinajstić information content (AvgIpc) is 3.00. The van der Waals surface area contributed by atoms with E-state index in [-0.39, 0.29) is 23.0 Å². The Labute approximate surface area is 120 Å². The second-order valence-electron chi connectivity index (χ2n) is 4.51. The molecule has 0 saturated heterocycles. The predicted molar refractivity (Wildman–Crippen MR) is 65.4 cm³/mol. The number of hydrogen-bond acceptors (Lipinski definition) is 3. The zero-order chi connectivity index (χ0) is 15.1. The third-order valence-electron chi connectivity index (χ3n) is 3.28.